The highest BCUT2D eigenvalue weighted by molar-refractivity contribution is 6.21. The van der Waals surface area contributed by atoms with Crippen molar-refractivity contribution < 1.29 is 75.4 Å². The highest BCUT2D eigenvalue weighted by Gasteiger charge is 2.52. The van der Waals surface area contributed by atoms with Crippen molar-refractivity contribution in [2.24, 2.45) is 41.4 Å². The first-order valence-corrected chi connectivity index (χ1v) is 39.4. The fourth-order valence-electron chi connectivity index (χ4n) is 16.3. The van der Waals surface area contributed by atoms with Gasteiger partial charge in [0.25, 0.3) is 0 Å². The Morgan fingerprint density at radius 2 is 1.24 bits per heavy atom. The molecule has 596 valence electrons. The molecular weight excluding hydrogens is 1380 g/mol. The Labute approximate surface area is 626 Å². The molecule has 0 aromatic carbocycles. The van der Waals surface area contributed by atoms with Gasteiger partial charge in [-0.25, -0.2) is 0 Å². The summed E-state index contributed by atoms with van der Waals surface area (Å²) in [5.41, 5.74) is -1.66. The lowest BCUT2D eigenvalue weighted by Crippen LogP contribution is -2.66. The molecular formula is C76H126ClF3N12O13. The van der Waals surface area contributed by atoms with E-state index in [1.54, 1.807) is 25.7 Å². The minimum atomic E-state index is -4.53. The lowest BCUT2D eigenvalue weighted by molar-refractivity contribution is -0.182. The average Bonchev–Trinajstić information content (AvgIpc) is 1.75. The molecule has 3 saturated heterocycles. The number of piperidine rings is 1. The fourth-order valence-corrected chi connectivity index (χ4v) is 16.8. The number of hydrogen-bond acceptors (Lipinski definition) is 13. The molecule has 1 spiro atoms. The number of hydrogen-bond donors (Lipinski definition) is 3. The maximum absolute atomic E-state index is 15.7. The molecule has 6 rings (SSSR count). The van der Waals surface area contributed by atoms with E-state index in [1.807, 2.05) is 34.6 Å². The largest absolute Gasteiger partial charge is 0.393 e. The maximum atomic E-state index is 15.7. The van der Waals surface area contributed by atoms with Crippen LogP contribution in [0.5, 0.6) is 0 Å². The molecule has 0 bridgehead atoms. The molecule has 6 fully saturated rings. The predicted octanol–water partition coefficient (Wildman–Crippen LogP) is 6.99. The lowest BCUT2D eigenvalue weighted by Gasteiger charge is -2.45. The van der Waals surface area contributed by atoms with Crippen LogP contribution in [-0.2, 0) is 62.3 Å². The van der Waals surface area contributed by atoms with Crippen LogP contribution in [-0.4, -0.2) is 275 Å². The zero-order valence-corrected chi connectivity index (χ0v) is 66.4. The van der Waals surface area contributed by atoms with Crippen molar-refractivity contribution in [3.05, 3.63) is 0 Å². The van der Waals surface area contributed by atoms with Crippen LogP contribution in [0, 0.1) is 41.4 Å². The number of likely N-dealkylation sites (N-methyl/N-ethyl adjacent to an activating group) is 7. The summed E-state index contributed by atoms with van der Waals surface area (Å²) in [6, 6.07) is -11.4. The standard InChI is InChI=1S/C76H126ClF3N12O13/c1-17-49(8)63-72(102)85(11)50(9)67(97)92-38-32-56(92)70(100)87(13)58(42-51-26-20-18-21-27-51)69(99)84(10)44-61(93)81-55(31-29-52-28-30-53(54(77)41-52)76(78,79)80)68(98)89(15)60(45-105-39-33-46(2)3)66(96)83-75(34-22-23-35-75)74(104)90(16)64(48(6)7)73(103)88(14)59(71(101)91-36-24-19-25-37-91)43-62(94)86(12)57(40-47(4)5)65(95)82-63/h46-60,63-64H,17-45H2,1-16H3,(H,81,93)(H,82,95)(H,83,96)/t49-,50-,52?,53?,54?,55-,56-,57-,58-,59-,60+,63-,64-/m0/s1. The van der Waals surface area contributed by atoms with Crippen LogP contribution in [0.15, 0.2) is 0 Å². The van der Waals surface area contributed by atoms with Crippen LogP contribution >= 0.6 is 11.6 Å². The van der Waals surface area contributed by atoms with Crippen LogP contribution in [0.2, 0.25) is 0 Å². The smallest absolute Gasteiger partial charge is 0.379 e. The van der Waals surface area contributed by atoms with E-state index in [2.05, 4.69) is 16.0 Å². The Bertz CT molecular complexity index is 3020. The van der Waals surface area contributed by atoms with Gasteiger partial charge in [0.05, 0.1) is 25.5 Å². The van der Waals surface area contributed by atoms with E-state index in [0.717, 1.165) is 48.3 Å². The molecule has 0 radical (unpaired) electrons. The molecule has 3 aliphatic carbocycles. The first-order chi connectivity index (χ1) is 49.3. The SMILES string of the molecule is CC[C@H](C)[C@@H]1NC(=O)[C@H](CC(C)C)N(C)C(=O)C[C@@H](C(=O)N2CCCCC2)N(C)C(=O)[C@H](C(C)C)N(C)C(=O)C2(CCCC2)NC(=O)[C@@H](COCCC(C)C)N(C)C(=O)[C@H](CCC2CCC(C(F)(F)F)C(Cl)C2)NC(=O)CN(C)C(=O)[C@H](CC2CCCCC2)N(C)C(=O)[C@@H]2CCN2C(=O)[C@H](C)N(C)C1=O. The zero-order chi connectivity index (χ0) is 78.3. The van der Waals surface area contributed by atoms with Gasteiger partial charge >= 0.3 is 6.18 Å². The summed E-state index contributed by atoms with van der Waals surface area (Å²) in [5.74, 6) is -11.1. The molecule has 3 saturated carbocycles. The van der Waals surface area contributed by atoms with E-state index in [4.69, 9.17) is 16.3 Å². The van der Waals surface area contributed by atoms with E-state index in [1.165, 1.54) is 85.7 Å². The Morgan fingerprint density at radius 1 is 0.619 bits per heavy atom. The number of halogens is 4. The second-order valence-electron chi connectivity index (χ2n) is 32.6. The van der Waals surface area contributed by atoms with Crippen molar-refractivity contribution in [3.8, 4) is 0 Å². The highest BCUT2D eigenvalue weighted by Crippen LogP contribution is 2.44. The summed E-state index contributed by atoms with van der Waals surface area (Å²) in [6.07, 6.45) is 4.03. The number of likely N-dealkylation sites (tertiary alicyclic amines) is 1. The van der Waals surface area contributed by atoms with Crippen molar-refractivity contribution >= 4 is 82.5 Å². The van der Waals surface area contributed by atoms with Gasteiger partial charge in [0, 0.05) is 81.0 Å². The molecule has 13 atom stereocenters. The summed E-state index contributed by atoms with van der Waals surface area (Å²) in [5, 5.41) is 7.54. The molecule has 3 unspecified atom stereocenters. The molecule has 25 nitrogen and oxygen atoms in total. The average molecular weight is 1510 g/mol. The zero-order valence-electron chi connectivity index (χ0n) is 65.7. The number of rotatable bonds is 16. The summed E-state index contributed by atoms with van der Waals surface area (Å²) in [4.78, 5) is 193. The third-order valence-corrected chi connectivity index (χ3v) is 24.1. The van der Waals surface area contributed by atoms with Gasteiger partial charge < -0.3 is 64.8 Å². The second kappa shape index (κ2) is 39.2. The van der Waals surface area contributed by atoms with E-state index in [-0.39, 0.29) is 102 Å². The minimum absolute atomic E-state index is 0.0178. The van der Waals surface area contributed by atoms with Gasteiger partial charge in [0.15, 0.2) is 0 Å². The fraction of sp³-hybridized carbons (Fsp3) is 0.842. The lowest BCUT2D eigenvalue weighted by atomic mass is 9.78. The Kier molecular flexibility index (Phi) is 32.7. The number of alkyl halides is 4. The molecule has 0 aromatic rings. The Balaban J connectivity index is 1.46. The van der Waals surface area contributed by atoms with Crippen molar-refractivity contribution in [1.82, 2.24) is 60.0 Å². The van der Waals surface area contributed by atoms with Gasteiger partial charge in [-0.3, -0.25) is 57.5 Å². The van der Waals surface area contributed by atoms with Crippen LogP contribution in [0.1, 0.15) is 210 Å². The second-order valence-corrected chi connectivity index (χ2v) is 33.1. The Morgan fingerprint density at radius 3 is 1.80 bits per heavy atom. The minimum Gasteiger partial charge on any atom is -0.379 e. The highest BCUT2D eigenvalue weighted by atomic mass is 35.5. The van der Waals surface area contributed by atoms with Gasteiger partial charge in [-0.15, -0.1) is 11.6 Å². The number of nitrogens with one attached hydrogen (secondary N) is 3. The monoisotopic (exact) mass is 1510 g/mol. The first-order valence-electron chi connectivity index (χ1n) is 38.9. The van der Waals surface area contributed by atoms with Crippen molar-refractivity contribution in [1.29, 1.82) is 0 Å². The Hall–Kier alpha value is -6.32. The molecule has 105 heavy (non-hydrogen) atoms. The number of ether oxygens (including phenoxy) is 1. The van der Waals surface area contributed by atoms with Crippen LogP contribution < -0.4 is 16.0 Å². The van der Waals surface area contributed by atoms with E-state index >= 15 is 33.6 Å². The van der Waals surface area contributed by atoms with Gasteiger partial charge in [-0.1, -0.05) is 107 Å². The quantitative estimate of drug-likeness (QED) is 0.104. The third-order valence-electron chi connectivity index (χ3n) is 23.7. The normalized spacial score (nSPS) is 29.6. The van der Waals surface area contributed by atoms with Gasteiger partial charge in [0.1, 0.15) is 59.9 Å². The number of amides is 12. The number of nitrogens with zero attached hydrogens (tertiary/aromatic N) is 9. The molecule has 3 N–H and O–H groups in total. The molecule has 3 aliphatic heterocycles. The molecule has 0 aromatic heterocycles. The number of carbonyl (C=O) groups excluding carboxylic acids is 12. The summed E-state index contributed by atoms with van der Waals surface area (Å²) >= 11 is 6.44. The first kappa shape index (κ1) is 87.6. The molecule has 29 heteroatoms. The van der Waals surface area contributed by atoms with Gasteiger partial charge in [-0.2, -0.15) is 13.2 Å². The molecule has 12 amide bonds. The summed E-state index contributed by atoms with van der Waals surface area (Å²) in [7, 11) is 9.98. The van der Waals surface area contributed by atoms with E-state index < -0.39 is 179 Å². The van der Waals surface area contributed by atoms with Gasteiger partial charge in [-0.05, 0) is 132 Å². The third kappa shape index (κ3) is 22.4. The van der Waals surface area contributed by atoms with Crippen LogP contribution in [0.4, 0.5) is 13.2 Å². The van der Waals surface area contributed by atoms with Crippen LogP contribution in [0.25, 0.3) is 0 Å². The predicted molar refractivity (Wildman–Crippen MR) is 392 cm³/mol. The summed E-state index contributed by atoms with van der Waals surface area (Å²) in [6.45, 7) is 16.3. The molecule has 3 heterocycles. The maximum Gasteiger partial charge on any atom is 0.393 e. The van der Waals surface area contributed by atoms with Crippen LogP contribution in [0.3, 0.4) is 0 Å². The van der Waals surface area contributed by atoms with E-state index in [9.17, 15) is 37.1 Å². The molecule has 6 aliphatic rings. The van der Waals surface area contributed by atoms with E-state index in [0.29, 0.717) is 51.6 Å². The van der Waals surface area contributed by atoms with Crippen molar-refractivity contribution in [2.45, 2.75) is 281 Å². The van der Waals surface area contributed by atoms with Crippen molar-refractivity contribution in [3.63, 3.8) is 0 Å². The number of fused-ring (bicyclic) bond motifs is 1. The topological polar surface area (TPSA) is 279 Å². The van der Waals surface area contributed by atoms with Gasteiger partial charge in [0.2, 0.25) is 70.9 Å². The summed E-state index contributed by atoms with van der Waals surface area (Å²) < 4.78 is 48.5. The van der Waals surface area contributed by atoms with Crippen molar-refractivity contribution in [2.75, 3.05) is 88.7 Å². The number of carbonyl (C=O) groups is 12.